The van der Waals surface area contributed by atoms with Gasteiger partial charge in [0.25, 0.3) is 0 Å². The molecule has 9 saturated heterocycles. The first-order valence-electron chi connectivity index (χ1n) is 29.9. The van der Waals surface area contributed by atoms with E-state index < -0.39 is 46.2 Å². The van der Waals surface area contributed by atoms with Crippen molar-refractivity contribution in [1.29, 1.82) is 0 Å². The summed E-state index contributed by atoms with van der Waals surface area (Å²) in [5.41, 5.74) is -1.31. The van der Waals surface area contributed by atoms with Crippen LogP contribution in [-0.2, 0) is 61.6 Å². The Balaban J connectivity index is 0.615. The molecule has 0 bridgehead atoms. The monoisotopic (exact) mass is 1100 g/mol. The maximum atomic E-state index is 13.8. The first-order chi connectivity index (χ1) is 38.2. The van der Waals surface area contributed by atoms with Crippen molar-refractivity contribution in [3.8, 4) is 0 Å². The van der Waals surface area contributed by atoms with Gasteiger partial charge in [-0.1, -0.05) is 74.2 Å². The van der Waals surface area contributed by atoms with Crippen molar-refractivity contribution >= 4 is 33.5 Å². The fourth-order valence-electron chi connectivity index (χ4n) is 16.5. The van der Waals surface area contributed by atoms with Gasteiger partial charge in [-0.25, -0.2) is 9.59 Å². The van der Waals surface area contributed by atoms with Crippen LogP contribution >= 0.6 is 0 Å². The van der Waals surface area contributed by atoms with Crippen LogP contribution in [0.1, 0.15) is 136 Å². The van der Waals surface area contributed by atoms with E-state index in [0.717, 1.165) is 46.4 Å². The largest absolute Gasteiger partial charge is 0.458 e. The number of aliphatic hydroxyl groups excluding tert-OH is 1. The normalized spacial score (nSPS) is 48.0. The van der Waals surface area contributed by atoms with Crippen molar-refractivity contribution in [2.45, 2.75) is 257 Å². The van der Waals surface area contributed by atoms with Crippen LogP contribution in [0.15, 0.2) is 90.6 Å². The third-order valence-corrected chi connectivity index (χ3v) is 21.0. The van der Waals surface area contributed by atoms with E-state index in [1.807, 2.05) is 62.4 Å². The predicted octanol–water partition coefficient (Wildman–Crippen LogP) is 9.44. The minimum atomic E-state index is -0.966. The lowest BCUT2D eigenvalue weighted by Gasteiger charge is -2.60. The Morgan fingerprint density at radius 1 is 0.688 bits per heavy atom. The summed E-state index contributed by atoms with van der Waals surface area (Å²) >= 11 is 0. The molecule has 10 unspecified atom stereocenters. The number of carbonyl (C=O) groups is 2. The number of ether oxygens (including phenoxy) is 12. The summed E-state index contributed by atoms with van der Waals surface area (Å²) in [5.74, 6) is -0.562. The SMILES string of the molecule is C=C(COC(=O)c1c2ccccc2cc2ccccc12)C[C@@H]1C[C@H](O)[C@]2(C)O[C@@H]3C[C@@H]4O[C@@H]5C[C@]6(C)O[C@]7(C)CC[C@@H]8OC9C[C@]%10(C)O[C@@H]%11C(C)=CC(=O)OC%11CC%10OC9C[C@@H](C)C8OC7CC6O[C@@]5(C)C/C=C\C4OC3CC2O1. The number of rotatable bonds is 5. The molecule has 0 aromatic heterocycles. The van der Waals surface area contributed by atoms with Crippen LogP contribution in [0.25, 0.3) is 21.5 Å². The smallest absolute Gasteiger partial charge is 0.339 e. The Hall–Kier alpha value is -4.10. The van der Waals surface area contributed by atoms with E-state index in [1.165, 1.54) is 0 Å². The van der Waals surface area contributed by atoms with Crippen LogP contribution in [0.4, 0.5) is 0 Å². The number of aliphatic hydroxyl groups is 1. The van der Waals surface area contributed by atoms with Crippen molar-refractivity contribution in [2.75, 3.05) is 6.61 Å². The molecule has 0 aliphatic carbocycles. The zero-order valence-electron chi connectivity index (χ0n) is 47.4. The Kier molecular flexibility index (Phi) is 13.3. The third kappa shape index (κ3) is 9.17. The highest BCUT2D eigenvalue weighted by atomic mass is 16.7. The van der Waals surface area contributed by atoms with Gasteiger partial charge in [0.2, 0.25) is 0 Å². The maximum Gasteiger partial charge on any atom is 0.339 e. The Morgan fingerprint density at radius 3 is 2.20 bits per heavy atom. The first-order valence-corrected chi connectivity index (χ1v) is 29.9. The number of hydrogen-bond donors (Lipinski definition) is 1. The van der Waals surface area contributed by atoms with E-state index in [4.69, 9.17) is 56.8 Å². The highest BCUT2D eigenvalue weighted by Gasteiger charge is 2.64. The van der Waals surface area contributed by atoms with E-state index in [1.54, 1.807) is 6.08 Å². The van der Waals surface area contributed by atoms with Crippen molar-refractivity contribution in [3.63, 3.8) is 0 Å². The summed E-state index contributed by atoms with van der Waals surface area (Å²) < 4.78 is 82.6. The summed E-state index contributed by atoms with van der Waals surface area (Å²) in [6.07, 6.45) is 8.31. The minimum absolute atomic E-state index is 0.0345. The van der Waals surface area contributed by atoms with Crippen LogP contribution < -0.4 is 0 Å². The summed E-state index contributed by atoms with van der Waals surface area (Å²) in [5, 5.41) is 15.6. The molecule has 11 heterocycles. The van der Waals surface area contributed by atoms with Gasteiger partial charge in [0.1, 0.15) is 30.5 Å². The molecule has 11 aliphatic rings. The number of carbonyl (C=O) groups excluding carboxylic acids is 2. The molecule has 80 heavy (non-hydrogen) atoms. The second kappa shape index (κ2) is 19.8. The van der Waals surface area contributed by atoms with Gasteiger partial charge in [-0.15, -0.1) is 0 Å². The molecule has 15 nitrogen and oxygen atoms in total. The van der Waals surface area contributed by atoms with Crippen LogP contribution in [0, 0.1) is 5.92 Å². The molecular formula is C65H80O15. The van der Waals surface area contributed by atoms with E-state index in [-0.39, 0.29) is 110 Å². The standard InChI is InChI=1S/C65H80O15/c1-34(33-69-60(68)57-40-16-11-9-14-37(40)25-38-15-10-12-17-41(38)57)22-39-26-50(66)65(8)54(70-39)28-46-47(77-65)27-45-42(71-46)18-13-20-61(4)55(74-45)32-64(7)53(78-61)30-52-62(5,80-64)21-19-43-58(76-52)35(2)23-44-49(72-43)31-63(6)51(73-44)29-48-59(79-63)36(3)24-56(67)75-48/h9-18,24-25,35,39,42-55,58-59,66H,1,19-23,26-33H2,2-8H3/b18-13-/t35-,39-,42?,43+,44?,45+,46?,47-,48?,49?,50+,51?,52?,53?,54?,55-,58?,59-,61+,62-,63+,64+,65+/m1/s1. The quantitative estimate of drug-likeness (QED) is 0.146. The second-order valence-electron chi connectivity index (χ2n) is 26.9. The topological polar surface area (TPSA) is 165 Å². The van der Waals surface area contributed by atoms with Gasteiger partial charge in [0, 0.05) is 51.0 Å². The third-order valence-electron chi connectivity index (χ3n) is 21.0. The molecule has 9 fully saturated rings. The lowest BCUT2D eigenvalue weighted by Crippen LogP contribution is -2.70. The molecule has 430 valence electrons. The predicted molar refractivity (Wildman–Crippen MR) is 294 cm³/mol. The molecular weight excluding hydrogens is 1020 g/mol. The Morgan fingerprint density at radius 2 is 1.41 bits per heavy atom. The molecule has 3 aromatic rings. The fourth-order valence-corrected chi connectivity index (χ4v) is 16.5. The summed E-state index contributed by atoms with van der Waals surface area (Å²) in [4.78, 5) is 26.1. The van der Waals surface area contributed by atoms with Gasteiger partial charge >= 0.3 is 11.9 Å². The van der Waals surface area contributed by atoms with Crippen molar-refractivity contribution in [1.82, 2.24) is 0 Å². The minimum Gasteiger partial charge on any atom is -0.458 e. The van der Waals surface area contributed by atoms with E-state index in [9.17, 15) is 14.7 Å². The van der Waals surface area contributed by atoms with Crippen LogP contribution in [-0.4, -0.2) is 155 Å². The number of fused-ring (bicyclic) bond motifs is 12. The molecule has 1 N–H and O–H groups in total. The molecule has 14 rings (SSSR count). The molecule has 15 heteroatoms. The highest BCUT2D eigenvalue weighted by molar-refractivity contribution is 6.16. The molecule has 0 saturated carbocycles. The number of hydrogen-bond acceptors (Lipinski definition) is 15. The molecule has 23 atom stereocenters. The summed E-state index contributed by atoms with van der Waals surface area (Å²) in [7, 11) is 0. The second-order valence-corrected chi connectivity index (χ2v) is 26.9. The molecule has 3 aromatic carbocycles. The van der Waals surface area contributed by atoms with Crippen molar-refractivity contribution < 1.29 is 71.5 Å². The van der Waals surface area contributed by atoms with Gasteiger partial charge < -0.3 is 61.9 Å². The molecule has 0 amide bonds. The van der Waals surface area contributed by atoms with Gasteiger partial charge in [0.15, 0.2) is 0 Å². The van der Waals surface area contributed by atoms with Crippen molar-refractivity contribution in [3.05, 3.63) is 96.1 Å². The molecule has 0 spiro atoms. The van der Waals surface area contributed by atoms with Crippen LogP contribution in [0.5, 0.6) is 0 Å². The average molecular weight is 1100 g/mol. The average Bonchev–Trinajstić information content (AvgIpc) is 3.76. The highest BCUT2D eigenvalue weighted by Crippen LogP contribution is 2.55. The van der Waals surface area contributed by atoms with Crippen LogP contribution in [0.2, 0.25) is 0 Å². The summed E-state index contributed by atoms with van der Waals surface area (Å²) in [6.45, 7) is 19.2. The van der Waals surface area contributed by atoms with Crippen molar-refractivity contribution in [2.24, 2.45) is 5.92 Å². The first kappa shape index (κ1) is 53.9. The lowest BCUT2D eigenvalue weighted by molar-refractivity contribution is -0.356. The van der Waals surface area contributed by atoms with Gasteiger partial charge in [-0.3, -0.25) is 0 Å². The van der Waals surface area contributed by atoms with Gasteiger partial charge in [-0.05, 0) is 118 Å². The molecule has 0 radical (unpaired) electrons. The van der Waals surface area contributed by atoms with E-state index in [2.05, 4.69) is 59.4 Å². The Bertz CT molecular complexity index is 2960. The van der Waals surface area contributed by atoms with Gasteiger partial charge in [0.05, 0.1) is 113 Å². The van der Waals surface area contributed by atoms with Gasteiger partial charge in [-0.2, -0.15) is 0 Å². The lowest BCUT2D eigenvalue weighted by atomic mass is 9.72. The number of esters is 2. The number of benzene rings is 3. The van der Waals surface area contributed by atoms with E-state index >= 15 is 0 Å². The zero-order valence-corrected chi connectivity index (χ0v) is 47.4. The maximum absolute atomic E-state index is 13.8. The zero-order chi connectivity index (χ0) is 55.3. The Labute approximate surface area is 469 Å². The van der Waals surface area contributed by atoms with E-state index in [0.29, 0.717) is 68.9 Å². The fraction of sp³-hybridized carbons (Fsp3) is 0.662. The van der Waals surface area contributed by atoms with Crippen LogP contribution in [0.3, 0.4) is 0 Å². The summed E-state index contributed by atoms with van der Waals surface area (Å²) in [6, 6.07) is 17.8. The molecule has 11 aliphatic heterocycles.